The Morgan fingerprint density at radius 2 is 1.16 bits per heavy atom. The van der Waals surface area contributed by atoms with Crippen LogP contribution >= 0.6 is 0 Å². The van der Waals surface area contributed by atoms with E-state index in [-0.39, 0.29) is 11.3 Å². The number of nitrogens with zero attached hydrogens (tertiary/aromatic N) is 1. The lowest BCUT2D eigenvalue weighted by Crippen LogP contribution is -2.32. The highest BCUT2D eigenvalue weighted by molar-refractivity contribution is 5.90. The average Bonchev–Trinajstić information content (AvgIpc) is 2.80. The van der Waals surface area contributed by atoms with Gasteiger partial charge in [0.15, 0.2) is 12.4 Å². The van der Waals surface area contributed by atoms with Gasteiger partial charge in [0.05, 0.1) is 0 Å². The van der Waals surface area contributed by atoms with Crippen LogP contribution in [0.25, 0.3) is 0 Å². The van der Waals surface area contributed by atoms with Crippen molar-refractivity contribution in [3.8, 4) is 5.75 Å². The summed E-state index contributed by atoms with van der Waals surface area (Å²) in [5, 5.41) is 17.3. The minimum Gasteiger partial charge on any atom is -0.507 e. The molecule has 1 heterocycles. The number of aromatic carboxylic acids is 1. The first kappa shape index (κ1) is 27.7. The normalized spacial score (nSPS) is 10.4. The van der Waals surface area contributed by atoms with Crippen molar-refractivity contribution in [2.24, 2.45) is 0 Å². The van der Waals surface area contributed by atoms with Crippen LogP contribution in [0.1, 0.15) is 107 Å². The van der Waals surface area contributed by atoms with Gasteiger partial charge in [-0.25, -0.2) is 9.36 Å². The number of aromatic nitrogens is 1. The fourth-order valence-electron chi connectivity index (χ4n) is 3.73. The molecule has 0 aliphatic carbocycles. The summed E-state index contributed by atoms with van der Waals surface area (Å²) >= 11 is 0. The van der Waals surface area contributed by atoms with Crippen LogP contribution < -0.4 is 4.57 Å². The van der Waals surface area contributed by atoms with Gasteiger partial charge in [-0.05, 0) is 18.6 Å². The Morgan fingerprint density at radius 3 is 1.59 bits per heavy atom. The third-order valence-electron chi connectivity index (χ3n) is 5.68. The van der Waals surface area contributed by atoms with Crippen LogP contribution in [-0.4, -0.2) is 16.2 Å². The molecule has 1 aromatic heterocycles. The largest absolute Gasteiger partial charge is 0.507 e. The molecule has 2 rings (SSSR count). The molecule has 2 aromatic rings. The first-order valence-corrected chi connectivity index (χ1v) is 12.6. The number of carboxylic acids is 1. The summed E-state index contributed by atoms with van der Waals surface area (Å²) in [5.74, 6) is -1.31. The minimum atomic E-state index is -1.11. The summed E-state index contributed by atoms with van der Waals surface area (Å²) in [6.45, 7) is 3.47. The van der Waals surface area contributed by atoms with Gasteiger partial charge in [-0.15, -0.1) is 0 Å². The molecule has 1 aromatic carbocycles. The molecule has 0 amide bonds. The summed E-state index contributed by atoms with van der Waals surface area (Å²) in [7, 11) is 0. The lowest BCUT2D eigenvalue weighted by atomic mass is 10.0. The monoisotopic (exact) mass is 442 g/mol. The van der Waals surface area contributed by atoms with Gasteiger partial charge < -0.3 is 10.2 Å². The maximum atomic E-state index is 10.3. The predicted molar refractivity (Wildman–Crippen MR) is 132 cm³/mol. The summed E-state index contributed by atoms with van der Waals surface area (Å²) < 4.78 is 2.29. The molecule has 178 valence electrons. The van der Waals surface area contributed by atoms with E-state index in [4.69, 9.17) is 10.2 Å². The number of pyridine rings is 1. The van der Waals surface area contributed by atoms with Gasteiger partial charge in [0.2, 0.25) is 0 Å². The van der Waals surface area contributed by atoms with Crippen molar-refractivity contribution >= 4 is 5.97 Å². The summed E-state index contributed by atoms with van der Waals surface area (Å²) in [4.78, 5) is 10.3. The molecule has 2 N–H and O–H groups in total. The van der Waals surface area contributed by atoms with Crippen LogP contribution in [0.2, 0.25) is 0 Å². The van der Waals surface area contributed by atoms with Crippen LogP contribution in [0.4, 0.5) is 0 Å². The topological polar surface area (TPSA) is 61.4 Å². The van der Waals surface area contributed by atoms with Crippen LogP contribution in [0, 0.1) is 0 Å². The van der Waals surface area contributed by atoms with E-state index in [0.29, 0.717) is 0 Å². The van der Waals surface area contributed by atoms with Gasteiger partial charge in [0.25, 0.3) is 0 Å². The second-order valence-corrected chi connectivity index (χ2v) is 8.53. The lowest BCUT2D eigenvalue weighted by Gasteiger charge is -2.02. The fraction of sp³-hybridized carbons (Fsp3) is 0.571. The Morgan fingerprint density at radius 1 is 0.688 bits per heavy atom. The number of rotatable bonds is 16. The van der Waals surface area contributed by atoms with E-state index in [9.17, 15) is 4.79 Å². The smallest absolute Gasteiger partial charge is 0.339 e. The molecular formula is C28H44NO3+. The van der Waals surface area contributed by atoms with Crippen LogP contribution in [-0.2, 0) is 6.54 Å². The van der Waals surface area contributed by atoms with Gasteiger partial charge >= 0.3 is 5.97 Å². The van der Waals surface area contributed by atoms with Crippen molar-refractivity contribution < 1.29 is 19.6 Å². The van der Waals surface area contributed by atoms with E-state index in [1.165, 1.54) is 109 Å². The Bertz CT molecular complexity index is 703. The van der Waals surface area contributed by atoms with Gasteiger partial charge in [-0.3, -0.25) is 0 Å². The first-order valence-electron chi connectivity index (χ1n) is 12.6. The third kappa shape index (κ3) is 14.6. The number of hydrogen-bond acceptors (Lipinski definition) is 2. The number of carboxylic acid groups (broad SMARTS) is 1. The number of para-hydroxylation sites is 1. The molecule has 0 fully saturated rings. The highest BCUT2D eigenvalue weighted by atomic mass is 16.4. The van der Waals surface area contributed by atoms with E-state index in [1.807, 2.05) is 0 Å². The number of benzene rings is 1. The SMILES string of the molecule is CCCCCCCCCCCCCCCC[n+]1ccccc1.O=C(O)c1ccccc1O. The zero-order valence-corrected chi connectivity index (χ0v) is 20.1. The number of unbranched alkanes of at least 4 members (excludes halogenated alkanes) is 13. The van der Waals surface area contributed by atoms with E-state index < -0.39 is 5.97 Å². The molecule has 0 bridgehead atoms. The number of hydrogen-bond donors (Lipinski definition) is 2. The van der Waals surface area contributed by atoms with Crippen LogP contribution in [0.5, 0.6) is 5.75 Å². The molecule has 4 heteroatoms. The molecule has 0 atom stereocenters. The number of phenols is 1. The Hall–Kier alpha value is -2.36. The molecule has 0 unspecified atom stereocenters. The Kier molecular flexibility index (Phi) is 16.7. The van der Waals surface area contributed by atoms with Crippen LogP contribution in [0.3, 0.4) is 0 Å². The predicted octanol–water partition coefficient (Wildman–Crippen LogP) is 7.55. The van der Waals surface area contributed by atoms with Crippen molar-refractivity contribution in [3.05, 3.63) is 60.4 Å². The van der Waals surface area contributed by atoms with Gasteiger partial charge in [0, 0.05) is 18.6 Å². The Balaban J connectivity index is 0.000000425. The van der Waals surface area contributed by atoms with E-state index in [0.717, 1.165) is 0 Å². The summed E-state index contributed by atoms with van der Waals surface area (Å²) in [6, 6.07) is 12.1. The van der Waals surface area contributed by atoms with E-state index in [2.05, 4.69) is 42.1 Å². The molecule has 0 aliphatic heterocycles. The standard InChI is InChI=1S/C21H38N.C7H6O3/c1-2-3-4-5-6-7-8-9-10-11-12-13-14-16-19-22-20-17-15-18-21-22;8-6-4-2-1-3-5(6)7(9)10/h15,17-18,20-21H,2-14,16,19H2,1H3;1-4,8H,(H,9,10)/q+1;. The average molecular weight is 443 g/mol. The Labute approximate surface area is 195 Å². The molecule has 0 aliphatic rings. The van der Waals surface area contributed by atoms with Gasteiger partial charge in [0.1, 0.15) is 17.9 Å². The van der Waals surface area contributed by atoms with Gasteiger partial charge in [-0.1, -0.05) is 102 Å². The van der Waals surface area contributed by atoms with Crippen molar-refractivity contribution in [3.63, 3.8) is 0 Å². The quantitative estimate of drug-likeness (QED) is 0.208. The molecule has 0 radical (unpaired) electrons. The molecule has 4 nitrogen and oxygen atoms in total. The first-order chi connectivity index (χ1) is 15.6. The molecule has 32 heavy (non-hydrogen) atoms. The van der Waals surface area contributed by atoms with E-state index in [1.54, 1.807) is 12.1 Å². The maximum Gasteiger partial charge on any atom is 0.339 e. The molecule has 0 saturated heterocycles. The van der Waals surface area contributed by atoms with Crippen molar-refractivity contribution in [1.82, 2.24) is 0 Å². The minimum absolute atomic E-state index is 0.0671. The third-order valence-corrected chi connectivity index (χ3v) is 5.68. The number of aryl methyl sites for hydroxylation is 1. The number of aromatic hydroxyl groups is 1. The second kappa shape index (κ2) is 19.3. The number of carbonyl (C=O) groups is 1. The molecule has 0 saturated carbocycles. The van der Waals surface area contributed by atoms with Gasteiger partial charge in [-0.2, -0.15) is 0 Å². The zero-order valence-electron chi connectivity index (χ0n) is 20.1. The van der Waals surface area contributed by atoms with Crippen molar-refractivity contribution in [2.75, 3.05) is 0 Å². The van der Waals surface area contributed by atoms with Crippen molar-refractivity contribution in [2.45, 2.75) is 103 Å². The molecule has 0 spiro atoms. The lowest BCUT2D eigenvalue weighted by molar-refractivity contribution is -0.697. The molecular weight excluding hydrogens is 398 g/mol. The van der Waals surface area contributed by atoms with E-state index >= 15 is 0 Å². The second-order valence-electron chi connectivity index (χ2n) is 8.53. The van der Waals surface area contributed by atoms with Crippen molar-refractivity contribution in [1.29, 1.82) is 0 Å². The summed E-state index contributed by atoms with van der Waals surface area (Å²) in [5.41, 5.74) is -0.0671. The highest BCUT2D eigenvalue weighted by Crippen LogP contribution is 2.14. The zero-order chi connectivity index (χ0) is 23.3. The summed E-state index contributed by atoms with van der Waals surface area (Å²) in [6.07, 6.45) is 24.4. The highest BCUT2D eigenvalue weighted by Gasteiger charge is 2.05. The fourth-order valence-corrected chi connectivity index (χ4v) is 3.73. The maximum absolute atomic E-state index is 10.3. The van der Waals surface area contributed by atoms with Crippen LogP contribution in [0.15, 0.2) is 54.9 Å².